The predicted octanol–water partition coefficient (Wildman–Crippen LogP) is 1.52. The summed E-state index contributed by atoms with van der Waals surface area (Å²) in [6, 6.07) is 0.999. The van der Waals surface area contributed by atoms with Crippen LogP contribution in [-0.4, -0.2) is 59.4 Å². The van der Waals surface area contributed by atoms with Crippen LogP contribution in [-0.2, 0) is 9.59 Å². The summed E-state index contributed by atoms with van der Waals surface area (Å²) >= 11 is 0. The van der Waals surface area contributed by atoms with E-state index in [0.29, 0.717) is 30.3 Å². The quantitative estimate of drug-likeness (QED) is 0.839. The molecule has 3 heterocycles. The molecule has 4 fully saturated rings. The Hall–Kier alpha value is -1.10. The van der Waals surface area contributed by atoms with E-state index < -0.39 is 0 Å². The number of carbonyl (C=O) groups excluding carboxylic acids is 2. The lowest BCUT2D eigenvalue weighted by molar-refractivity contribution is -0.136. The summed E-state index contributed by atoms with van der Waals surface area (Å²) < 4.78 is 0. The van der Waals surface area contributed by atoms with Crippen LogP contribution in [0.2, 0.25) is 0 Å². The van der Waals surface area contributed by atoms with Gasteiger partial charge in [-0.1, -0.05) is 12.8 Å². The van der Waals surface area contributed by atoms with E-state index in [9.17, 15) is 9.59 Å². The van der Waals surface area contributed by atoms with Crippen molar-refractivity contribution in [1.82, 2.24) is 15.1 Å². The van der Waals surface area contributed by atoms with Crippen molar-refractivity contribution in [3.63, 3.8) is 0 Å². The van der Waals surface area contributed by atoms with E-state index in [-0.39, 0.29) is 6.04 Å². The van der Waals surface area contributed by atoms with Gasteiger partial charge in [0.2, 0.25) is 11.8 Å². The van der Waals surface area contributed by atoms with Crippen LogP contribution < -0.4 is 5.32 Å². The maximum atomic E-state index is 12.8. The van der Waals surface area contributed by atoms with Crippen LogP contribution in [0.5, 0.6) is 0 Å². The van der Waals surface area contributed by atoms with Gasteiger partial charge in [-0.05, 0) is 44.4 Å². The summed E-state index contributed by atoms with van der Waals surface area (Å²) in [7, 11) is 0. The van der Waals surface area contributed by atoms with Crippen LogP contribution in [0.15, 0.2) is 0 Å². The van der Waals surface area contributed by atoms with Crippen LogP contribution >= 0.6 is 0 Å². The summed E-state index contributed by atoms with van der Waals surface area (Å²) in [6.45, 7) is 2.56. The first-order chi connectivity index (χ1) is 11.2. The Morgan fingerprint density at radius 1 is 1.00 bits per heavy atom. The fraction of sp³-hybridized carbons (Fsp3) is 0.889. The van der Waals surface area contributed by atoms with Gasteiger partial charge in [0.15, 0.2) is 0 Å². The Morgan fingerprint density at radius 3 is 2.48 bits per heavy atom. The number of nitrogens with zero attached hydrogens (tertiary/aromatic N) is 2. The van der Waals surface area contributed by atoms with E-state index >= 15 is 0 Å². The first-order valence-electron chi connectivity index (χ1n) is 9.56. The van der Waals surface area contributed by atoms with E-state index in [1.165, 1.54) is 25.7 Å². The molecular weight excluding hydrogens is 290 g/mol. The zero-order chi connectivity index (χ0) is 15.8. The molecule has 3 atom stereocenters. The SMILES string of the molecule is O=C([C@@H]1C[C@@H]2CCCC[C@@H]2N1)N1CCC(N2CCCC2=O)CC1. The van der Waals surface area contributed by atoms with E-state index in [0.717, 1.165) is 51.2 Å². The lowest BCUT2D eigenvalue weighted by Gasteiger charge is -2.37. The highest BCUT2D eigenvalue weighted by Gasteiger charge is 2.40. The van der Waals surface area contributed by atoms with Gasteiger partial charge in [-0.15, -0.1) is 0 Å². The largest absolute Gasteiger partial charge is 0.341 e. The third-order valence-electron chi connectivity index (χ3n) is 6.49. The second-order valence-electron chi connectivity index (χ2n) is 7.85. The van der Waals surface area contributed by atoms with Gasteiger partial charge in [0.05, 0.1) is 6.04 Å². The summed E-state index contributed by atoms with van der Waals surface area (Å²) in [4.78, 5) is 28.8. The number of rotatable bonds is 2. The van der Waals surface area contributed by atoms with Crippen molar-refractivity contribution in [2.45, 2.75) is 75.9 Å². The first-order valence-corrected chi connectivity index (χ1v) is 9.56. The normalized spacial score (nSPS) is 35.7. The van der Waals surface area contributed by atoms with Gasteiger partial charge >= 0.3 is 0 Å². The Labute approximate surface area is 138 Å². The molecule has 0 radical (unpaired) electrons. The van der Waals surface area contributed by atoms with Gasteiger partial charge in [-0.2, -0.15) is 0 Å². The molecule has 3 saturated heterocycles. The number of fused-ring (bicyclic) bond motifs is 1. The minimum atomic E-state index is 0.0491. The van der Waals surface area contributed by atoms with Crippen molar-refractivity contribution in [3.05, 3.63) is 0 Å². The maximum Gasteiger partial charge on any atom is 0.239 e. The van der Waals surface area contributed by atoms with Gasteiger partial charge in [0, 0.05) is 38.1 Å². The summed E-state index contributed by atoms with van der Waals surface area (Å²) in [5.74, 6) is 1.35. The molecule has 5 heteroatoms. The molecular formula is C18H29N3O2. The summed E-state index contributed by atoms with van der Waals surface area (Å²) in [5, 5.41) is 3.61. The van der Waals surface area contributed by atoms with Crippen LogP contribution in [0.4, 0.5) is 0 Å². The highest BCUT2D eigenvalue weighted by atomic mass is 16.2. The molecule has 4 rings (SSSR count). The van der Waals surface area contributed by atoms with E-state index in [1.807, 2.05) is 4.90 Å². The smallest absolute Gasteiger partial charge is 0.239 e. The molecule has 1 N–H and O–H groups in total. The Kier molecular flexibility index (Phi) is 4.31. The monoisotopic (exact) mass is 319 g/mol. The number of amides is 2. The first kappa shape index (κ1) is 15.4. The Balaban J connectivity index is 1.30. The summed E-state index contributed by atoms with van der Waals surface area (Å²) in [5.41, 5.74) is 0. The fourth-order valence-electron chi connectivity index (χ4n) is 5.18. The zero-order valence-electron chi connectivity index (χ0n) is 14.0. The standard InChI is InChI=1S/C18H29N3O2/c22-17-6-3-9-21(17)14-7-10-20(11-8-14)18(23)16-12-13-4-1-2-5-15(13)19-16/h13-16,19H,1-12H2/t13-,15-,16-/m0/s1. The minimum absolute atomic E-state index is 0.0491. The predicted molar refractivity (Wildman–Crippen MR) is 87.8 cm³/mol. The molecule has 4 aliphatic rings. The third-order valence-corrected chi connectivity index (χ3v) is 6.49. The molecule has 5 nitrogen and oxygen atoms in total. The van der Waals surface area contributed by atoms with E-state index in [4.69, 9.17) is 0 Å². The molecule has 0 aromatic rings. The molecule has 0 spiro atoms. The van der Waals surface area contributed by atoms with Crippen molar-refractivity contribution < 1.29 is 9.59 Å². The highest BCUT2D eigenvalue weighted by Crippen LogP contribution is 2.34. The van der Waals surface area contributed by atoms with Crippen molar-refractivity contribution in [1.29, 1.82) is 0 Å². The number of likely N-dealkylation sites (tertiary alicyclic amines) is 2. The Morgan fingerprint density at radius 2 is 1.78 bits per heavy atom. The molecule has 2 amide bonds. The van der Waals surface area contributed by atoms with Crippen LogP contribution in [0.3, 0.4) is 0 Å². The van der Waals surface area contributed by atoms with Gasteiger partial charge in [0.1, 0.15) is 0 Å². The molecule has 128 valence electrons. The molecule has 1 aliphatic carbocycles. The van der Waals surface area contributed by atoms with Gasteiger partial charge in [0.25, 0.3) is 0 Å². The number of carbonyl (C=O) groups is 2. The number of piperidine rings is 1. The molecule has 0 aromatic heterocycles. The zero-order valence-corrected chi connectivity index (χ0v) is 14.0. The highest BCUT2D eigenvalue weighted by molar-refractivity contribution is 5.82. The number of nitrogens with one attached hydrogen (secondary N) is 1. The molecule has 0 unspecified atom stereocenters. The van der Waals surface area contributed by atoms with Gasteiger partial charge < -0.3 is 15.1 Å². The maximum absolute atomic E-state index is 12.8. The van der Waals surface area contributed by atoms with Gasteiger partial charge in [-0.25, -0.2) is 0 Å². The Bertz CT molecular complexity index is 459. The van der Waals surface area contributed by atoms with Crippen molar-refractivity contribution in [2.24, 2.45) is 5.92 Å². The average Bonchev–Trinajstić information content (AvgIpc) is 3.20. The average molecular weight is 319 g/mol. The molecule has 0 bridgehead atoms. The number of hydrogen-bond donors (Lipinski definition) is 1. The lowest BCUT2D eigenvalue weighted by atomic mass is 9.85. The third kappa shape index (κ3) is 3.00. The van der Waals surface area contributed by atoms with Crippen LogP contribution in [0.1, 0.15) is 57.8 Å². The molecule has 0 aromatic carbocycles. The number of hydrogen-bond acceptors (Lipinski definition) is 3. The topological polar surface area (TPSA) is 52.7 Å². The van der Waals surface area contributed by atoms with E-state index in [2.05, 4.69) is 10.2 Å². The van der Waals surface area contributed by atoms with Crippen LogP contribution in [0.25, 0.3) is 0 Å². The minimum Gasteiger partial charge on any atom is -0.341 e. The molecule has 23 heavy (non-hydrogen) atoms. The van der Waals surface area contributed by atoms with E-state index in [1.54, 1.807) is 0 Å². The van der Waals surface area contributed by atoms with Crippen molar-refractivity contribution in [3.8, 4) is 0 Å². The molecule has 3 aliphatic heterocycles. The lowest BCUT2D eigenvalue weighted by Crippen LogP contribution is -2.51. The van der Waals surface area contributed by atoms with Crippen molar-refractivity contribution >= 4 is 11.8 Å². The fourth-order valence-corrected chi connectivity index (χ4v) is 5.18. The van der Waals surface area contributed by atoms with Crippen molar-refractivity contribution in [2.75, 3.05) is 19.6 Å². The summed E-state index contributed by atoms with van der Waals surface area (Å²) in [6.07, 6.45) is 9.85. The van der Waals surface area contributed by atoms with Crippen LogP contribution in [0, 0.1) is 5.92 Å². The molecule has 1 saturated carbocycles. The second kappa shape index (κ2) is 6.42. The van der Waals surface area contributed by atoms with Gasteiger partial charge in [-0.3, -0.25) is 9.59 Å². The second-order valence-corrected chi connectivity index (χ2v) is 7.85.